The average Bonchev–Trinajstić information content (AvgIpc) is 2.66. The number of fused-ring (bicyclic) bond motifs is 1. The van der Waals surface area contributed by atoms with Gasteiger partial charge in [-0.25, -0.2) is 0 Å². The zero-order valence-corrected chi connectivity index (χ0v) is 16.3. The van der Waals surface area contributed by atoms with Crippen LogP contribution in [0.2, 0.25) is 0 Å². The van der Waals surface area contributed by atoms with Crippen LogP contribution in [0, 0.1) is 0 Å². The molecule has 1 aromatic heterocycles. The third kappa shape index (κ3) is 5.07. The molecule has 3 aromatic rings. The molecule has 138 valence electrons. The van der Waals surface area contributed by atoms with E-state index in [0.717, 1.165) is 11.4 Å². The van der Waals surface area contributed by atoms with E-state index in [1.807, 2.05) is 19.1 Å². The lowest BCUT2D eigenvalue weighted by Crippen LogP contribution is -2.07. The number of aromatic nitrogens is 1. The fraction of sp³-hybridized carbons (Fsp3) is 0.238. The zero-order valence-electron chi connectivity index (χ0n) is 15.5. The first-order valence-electron chi connectivity index (χ1n) is 8.60. The number of nitrogens with one attached hydrogen (secondary N) is 2. The van der Waals surface area contributed by atoms with E-state index in [9.17, 15) is 9.90 Å². The predicted molar refractivity (Wildman–Crippen MR) is 113 cm³/mol. The second-order valence-corrected chi connectivity index (χ2v) is 7.71. The molecule has 26 heavy (non-hydrogen) atoms. The molecule has 3 rings (SSSR count). The third-order valence-corrected chi connectivity index (χ3v) is 5.38. The van der Waals surface area contributed by atoms with Crippen molar-refractivity contribution in [1.29, 1.82) is 0 Å². The van der Waals surface area contributed by atoms with Crippen molar-refractivity contribution in [2.24, 2.45) is 0 Å². The lowest BCUT2D eigenvalue weighted by atomic mass is 10.0. The molecule has 0 saturated carbocycles. The summed E-state index contributed by atoms with van der Waals surface area (Å²) in [4.78, 5) is 15.1. The van der Waals surface area contributed by atoms with E-state index in [0.29, 0.717) is 16.7 Å². The highest BCUT2D eigenvalue weighted by molar-refractivity contribution is 8.12. The zero-order chi connectivity index (χ0) is 19.1. The van der Waals surface area contributed by atoms with Gasteiger partial charge in [0.1, 0.15) is 5.75 Å². The van der Waals surface area contributed by atoms with Crippen molar-refractivity contribution in [3.63, 3.8) is 0 Å². The molecular formula is C21H26N2O2S. The van der Waals surface area contributed by atoms with E-state index in [-0.39, 0.29) is 22.0 Å². The molecule has 5 heteroatoms. The van der Waals surface area contributed by atoms with Crippen LogP contribution in [-0.2, 0) is 0 Å². The Balaban J connectivity index is 0.000000228. The molecule has 1 heterocycles. The molecule has 0 radical (unpaired) electrons. The van der Waals surface area contributed by atoms with Gasteiger partial charge in [0.25, 0.3) is 5.56 Å². The van der Waals surface area contributed by atoms with Crippen LogP contribution >= 0.6 is 10.7 Å². The molecule has 0 bridgehead atoms. The summed E-state index contributed by atoms with van der Waals surface area (Å²) in [5.74, 6) is 4.74. The first-order chi connectivity index (χ1) is 12.4. The van der Waals surface area contributed by atoms with Gasteiger partial charge < -0.3 is 10.1 Å². The number of H-pyrrole nitrogens is 1. The summed E-state index contributed by atoms with van der Waals surface area (Å²) in [5.41, 5.74) is 1.21. The lowest BCUT2D eigenvalue weighted by Gasteiger charge is -2.09. The molecule has 0 spiro atoms. The van der Waals surface area contributed by atoms with Crippen molar-refractivity contribution in [3.05, 3.63) is 70.6 Å². The quantitative estimate of drug-likeness (QED) is 0.587. The molecule has 0 saturated heterocycles. The van der Waals surface area contributed by atoms with Crippen LogP contribution < -0.4 is 10.3 Å². The minimum atomic E-state index is -0.339. The van der Waals surface area contributed by atoms with E-state index in [4.69, 9.17) is 0 Å². The van der Waals surface area contributed by atoms with Crippen LogP contribution in [0.3, 0.4) is 0 Å². The first kappa shape index (κ1) is 19.9. The van der Waals surface area contributed by atoms with Gasteiger partial charge >= 0.3 is 0 Å². The minimum absolute atomic E-state index is 0.0820. The Hall–Kier alpha value is -2.37. The SMILES string of the molecule is C=S(NCC)c1ccc2c(O)c[nH]c(=O)c2c1.CC(C)c1ccccc1. The summed E-state index contributed by atoms with van der Waals surface area (Å²) in [7, 11) is -0.339. The number of aromatic amines is 1. The van der Waals surface area contributed by atoms with Crippen LogP contribution in [0.5, 0.6) is 5.75 Å². The molecular weight excluding hydrogens is 344 g/mol. The van der Waals surface area contributed by atoms with Crippen molar-refractivity contribution in [3.8, 4) is 5.75 Å². The highest BCUT2D eigenvalue weighted by atomic mass is 32.2. The fourth-order valence-electron chi connectivity index (χ4n) is 2.47. The Morgan fingerprint density at radius 2 is 1.85 bits per heavy atom. The maximum Gasteiger partial charge on any atom is 0.256 e. The smallest absolute Gasteiger partial charge is 0.256 e. The van der Waals surface area contributed by atoms with Gasteiger partial charge in [0, 0.05) is 23.0 Å². The monoisotopic (exact) mass is 370 g/mol. The molecule has 0 fully saturated rings. The lowest BCUT2D eigenvalue weighted by molar-refractivity contribution is 0.479. The van der Waals surface area contributed by atoms with Crippen LogP contribution in [0.25, 0.3) is 10.8 Å². The second kappa shape index (κ2) is 9.36. The van der Waals surface area contributed by atoms with Gasteiger partial charge in [-0.3, -0.25) is 9.52 Å². The van der Waals surface area contributed by atoms with Crippen LogP contribution in [0.4, 0.5) is 0 Å². The van der Waals surface area contributed by atoms with Crippen molar-refractivity contribution < 1.29 is 5.11 Å². The molecule has 0 aliphatic heterocycles. The van der Waals surface area contributed by atoms with E-state index >= 15 is 0 Å². The summed E-state index contributed by atoms with van der Waals surface area (Å²) in [6.07, 6.45) is 1.30. The normalized spacial score (nSPS) is 11.8. The molecule has 1 unspecified atom stereocenters. The molecule has 1 atom stereocenters. The number of aromatic hydroxyl groups is 1. The van der Waals surface area contributed by atoms with Crippen molar-refractivity contribution in [2.45, 2.75) is 31.6 Å². The van der Waals surface area contributed by atoms with Crippen molar-refractivity contribution >= 4 is 27.3 Å². The van der Waals surface area contributed by atoms with Crippen molar-refractivity contribution in [1.82, 2.24) is 9.71 Å². The van der Waals surface area contributed by atoms with Gasteiger partial charge in [-0.05, 0) is 29.7 Å². The van der Waals surface area contributed by atoms with E-state index in [1.165, 1.54) is 11.8 Å². The second-order valence-electron chi connectivity index (χ2n) is 6.16. The number of benzene rings is 2. The highest BCUT2D eigenvalue weighted by Crippen LogP contribution is 2.27. The third-order valence-electron chi connectivity index (χ3n) is 3.92. The summed E-state index contributed by atoms with van der Waals surface area (Å²) in [6, 6.07) is 15.9. The van der Waals surface area contributed by atoms with Gasteiger partial charge in [-0.1, -0.05) is 67.6 Å². The average molecular weight is 371 g/mol. The largest absolute Gasteiger partial charge is 0.506 e. The Morgan fingerprint density at radius 1 is 1.15 bits per heavy atom. The predicted octanol–water partition coefficient (Wildman–Crippen LogP) is 4.63. The van der Waals surface area contributed by atoms with Crippen molar-refractivity contribution in [2.75, 3.05) is 6.54 Å². The van der Waals surface area contributed by atoms with E-state index < -0.39 is 0 Å². The Bertz CT molecular complexity index is 934. The molecule has 0 aliphatic carbocycles. The topological polar surface area (TPSA) is 65.1 Å². The number of rotatable bonds is 4. The summed E-state index contributed by atoms with van der Waals surface area (Å²) in [5, 5.41) is 10.7. The van der Waals surface area contributed by atoms with Crippen LogP contribution in [0.1, 0.15) is 32.3 Å². The maximum absolute atomic E-state index is 11.7. The number of hydrogen-bond donors (Lipinski definition) is 3. The molecule has 2 aromatic carbocycles. The maximum atomic E-state index is 11.7. The van der Waals surface area contributed by atoms with Gasteiger partial charge in [0.2, 0.25) is 0 Å². The molecule has 0 aliphatic rings. The molecule has 0 amide bonds. The Kier molecular flexibility index (Phi) is 7.18. The van der Waals surface area contributed by atoms with Crippen LogP contribution in [-0.4, -0.2) is 22.5 Å². The van der Waals surface area contributed by atoms with Gasteiger partial charge in [-0.2, -0.15) is 0 Å². The van der Waals surface area contributed by atoms with Gasteiger partial charge in [0.05, 0.1) is 5.39 Å². The number of hydrogen-bond acceptors (Lipinski definition) is 3. The first-order valence-corrected chi connectivity index (χ1v) is 10.00. The minimum Gasteiger partial charge on any atom is -0.506 e. The standard InChI is InChI=1S/C12H14N2O2S.C9H12/c1-3-14-17(2)8-4-5-9-10(6-8)12(16)13-7-11(9)15;1-8(2)9-6-4-3-5-7-9/h4-7,14-15H,2-3H2,1H3,(H,13,16);3-8H,1-2H3. The Labute approximate surface area is 157 Å². The van der Waals surface area contributed by atoms with E-state index in [1.54, 1.807) is 12.1 Å². The van der Waals surface area contributed by atoms with Gasteiger partial charge in [-0.15, -0.1) is 0 Å². The Morgan fingerprint density at radius 3 is 2.42 bits per heavy atom. The summed E-state index contributed by atoms with van der Waals surface area (Å²) in [6.45, 7) is 7.23. The number of pyridine rings is 1. The van der Waals surface area contributed by atoms with Crippen LogP contribution in [0.15, 0.2) is 64.4 Å². The highest BCUT2D eigenvalue weighted by Gasteiger charge is 2.05. The molecule has 4 nitrogen and oxygen atoms in total. The molecule has 3 N–H and O–H groups in total. The summed E-state index contributed by atoms with van der Waals surface area (Å²) < 4.78 is 3.20. The summed E-state index contributed by atoms with van der Waals surface area (Å²) >= 11 is 0. The fourth-order valence-corrected chi connectivity index (χ4v) is 3.48. The van der Waals surface area contributed by atoms with E-state index in [2.05, 4.69) is 53.7 Å². The van der Waals surface area contributed by atoms with Gasteiger partial charge in [0.15, 0.2) is 0 Å².